The third kappa shape index (κ3) is 3.16. The van der Waals surface area contributed by atoms with Crippen LogP contribution in [0.25, 0.3) is 0 Å². The van der Waals surface area contributed by atoms with Gasteiger partial charge in [-0.05, 0) is 25.1 Å². The molecule has 1 aliphatic heterocycles. The second-order valence-electron chi connectivity index (χ2n) is 6.27. The van der Waals surface area contributed by atoms with Gasteiger partial charge in [0.15, 0.2) is 14.1 Å². The first-order valence-corrected chi connectivity index (χ1v) is 8.95. The molecule has 0 aliphatic carbocycles. The average molecular weight is 257 g/mol. The summed E-state index contributed by atoms with van der Waals surface area (Å²) in [5, 5.41) is 2.79. The maximum atomic E-state index is 11.6. The van der Waals surface area contributed by atoms with Gasteiger partial charge in [-0.25, -0.2) is 0 Å². The molecule has 0 radical (unpaired) electrons. The maximum Gasteiger partial charge on any atom is 0.228 e. The predicted molar refractivity (Wildman–Crippen MR) is 69.3 cm³/mol. The molecule has 0 spiro atoms. The minimum Gasteiger partial charge on any atom is -0.412 e. The zero-order valence-corrected chi connectivity index (χ0v) is 12.6. The van der Waals surface area contributed by atoms with Crippen molar-refractivity contribution in [2.24, 2.45) is 0 Å². The van der Waals surface area contributed by atoms with Crippen LogP contribution in [0.5, 0.6) is 0 Å². The molecule has 0 aromatic carbocycles. The summed E-state index contributed by atoms with van der Waals surface area (Å²) < 4.78 is 6.11. The fourth-order valence-corrected chi connectivity index (χ4v) is 3.08. The Morgan fingerprint density at radius 3 is 2.24 bits per heavy atom. The highest BCUT2D eigenvalue weighted by Crippen LogP contribution is 2.37. The van der Waals surface area contributed by atoms with Crippen LogP contribution in [0.3, 0.4) is 0 Å². The van der Waals surface area contributed by atoms with Crippen LogP contribution >= 0.6 is 0 Å². The molecule has 0 aromatic heterocycles. The highest BCUT2D eigenvalue weighted by molar-refractivity contribution is 6.74. The number of carbonyl (C=O) groups is 2. The number of carbonyl (C=O) groups excluding carboxylic acids is 2. The number of hydrogen-bond donors (Lipinski definition) is 1. The largest absolute Gasteiger partial charge is 0.412 e. The molecule has 0 aromatic rings. The van der Waals surface area contributed by atoms with Gasteiger partial charge in [-0.2, -0.15) is 0 Å². The first-order valence-electron chi connectivity index (χ1n) is 6.04. The van der Waals surface area contributed by atoms with Crippen LogP contribution in [-0.4, -0.2) is 32.2 Å². The van der Waals surface area contributed by atoms with E-state index in [1.807, 2.05) is 6.92 Å². The molecule has 1 aliphatic rings. The van der Waals surface area contributed by atoms with Crippen molar-refractivity contribution in [3.05, 3.63) is 0 Å². The van der Waals surface area contributed by atoms with E-state index in [0.717, 1.165) is 0 Å². The first kappa shape index (κ1) is 14.4. The SMILES string of the molecule is C[C@@H](O[Si](C)(C)C(C)(C)C)[C@@H]1NC(=O)CC1=O. The summed E-state index contributed by atoms with van der Waals surface area (Å²) in [5.41, 5.74) is 0. The lowest BCUT2D eigenvalue weighted by Gasteiger charge is -2.39. The normalized spacial score (nSPS) is 23.8. The molecular weight excluding hydrogens is 234 g/mol. The van der Waals surface area contributed by atoms with E-state index < -0.39 is 14.4 Å². The lowest BCUT2D eigenvalue weighted by atomic mass is 10.1. The summed E-state index contributed by atoms with van der Waals surface area (Å²) >= 11 is 0. The van der Waals surface area contributed by atoms with E-state index in [9.17, 15) is 9.59 Å². The first-order chi connectivity index (χ1) is 7.54. The van der Waals surface area contributed by atoms with E-state index in [4.69, 9.17) is 4.43 Å². The molecule has 0 saturated carbocycles. The molecule has 1 fully saturated rings. The quantitative estimate of drug-likeness (QED) is 0.620. The van der Waals surface area contributed by atoms with E-state index in [-0.39, 0.29) is 29.3 Å². The van der Waals surface area contributed by atoms with Gasteiger partial charge in [-0.3, -0.25) is 9.59 Å². The van der Waals surface area contributed by atoms with Crippen molar-refractivity contribution in [2.75, 3.05) is 0 Å². The van der Waals surface area contributed by atoms with E-state index >= 15 is 0 Å². The zero-order valence-electron chi connectivity index (χ0n) is 11.6. The molecule has 17 heavy (non-hydrogen) atoms. The van der Waals surface area contributed by atoms with Gasteiger partial charge in [0.05, 0.1) is 12.5 Å². The minimum atomic E-state index is -1.89. The number of rotatable bonds is 3. The van der Waals surface area contributed by atoms with Gasteiger partial charge in [0, 0.05) is 0 Å². The van der Waals surface area contributed by atoms with Crippen molar-refractivity contribution in [3.8, 4) is 0 Å². The van der Waals surface area contributed by atoms with Crippen molar-refractivity contribution in [2.45, 2.75) is 64.4 Å². The Hall–Kier alpha value is -0.683. The van der Waals surface area contributed by atoms with Crippen molar-refractivity contribution < 1.29 is 14.0 Å². The summed E-state index contributed by atoms with van der Waals surface area (Å²) in [4.78, 5) is 22.8. The Bertz CT molecular complexity index is 333. The molecule has 1 amide bonds. The van der Waals surface area contributed by atoms with Crippen molar-refractivity contribution >= 4 is 20.0 Å². The van der Waals surface area contributed by atoms with Crippen molar-refractivity contribution in [3.63, 3.8) is 0 Å². The van der Waals surface area contributed by atoms with Gasteiger partial charge < -0.3 is 9.74 Å². The average Bonchev–Trinajstić information content (AvgIpc) is 2.42. The van der Waals surface area contributed by atoms with E-state index in [1.165, 1.54) is 0 Å². The lowest BCUT2D eigenvalue weighted by Crippen LogP contribution is -2.50. The van der Waals surface area contributed by atoms with Gasteiger partial charge in [-0.15, -0.1) is 0 Å². The Morgan fingerprint density at radius 1 is 1.35 bits per heavy atom. The van der Waals surface area contributed by atoms with Gasteiger partial charge >= 0.3 is 0 Å². The summed E-state index contributed by atoms with van der Waals surface area (Å²) in [5.74, 6) is -0.244. The van der Waals surface area contributed by atoms with Crippen LogP contribution in [0.15, 0.2) is 0 Å². The number of Topliss-reactive ketones (excluding diaryl/α,β-unsaturated/α-hetero) is 1. The van der Waals surface area contributed by atoms with Crippen LogP contribution in [0.2, 0.25) is 18.1 Å². The van der Waals surface area contributed by atoms with Gasteiger partial charge in [0.2, 0.25) is 5.91 Å². The molecule has 0 bridgehead atoms. The van der Waals surface area contributed by atoms with E-state index in [1.54, 1.807) is 0 Å². The van der Waals surface area contributed by atoms with Gasteiger partial charge in [0.1, 0.15) is 6.04 Å². The number of hydrogen-bond acceptors (Lipinski definition) is 3. The van der Waals surface area contributed by atoms with Crippen LogP contribution in [0.4, 0.5) is 0 Å². The van der Waals surface area contributed by atoms with Gasteiger partial charge in [-0.1, -0.05) is 20.8 Å². The third-order valence-electron chi connectivity index (χ3n) is 3.75. The zero-order chi connectivity index (χ0) is 13.4. The minimum absolute atomic E-state index is 0.00410. The number of amides is 1. The van der Waals surface area contributed by atoms with Crippen LogP contribution in [-0.2, 0) is 14.0 Å². The van der Waals surface area contributed by atoms with Crippen molar-refractivity contribution in [1.29, 1.82) is 0 Å². The van der Waals surface area contributed by atoms with Gasteiger partial charge in [0.25, 0.3) is 0 Å². The summed E-state index contributed by atoms with van der Waals surface area (Å²) in [6.07, 6.45) is -0.245. The maximum absolute atomic E-state index is 11.6. The fraction of sp³-hybridized carbons (Fsp3) is 0.833. The second kappa shape index (κ2) is 4.53. The third-order valence-corrected chi connectivity index (χ3v) is 8.33. The van der Waals surface area contributed by atoms with Crippen molar-refractivity contribution in [1.82, 2.24) is 5.32 Å². The smallest absolute Gasteiger partial charge is 0.228 e. The van der Waals surface area contributed by atoms with E-state index in [2.05, 4.69) is 39.2 Å². The molecule has 1 N–H and O–H groups in total. The highest BCUT2D eigenvalue weighted by Gasteiger charge is 2.42. The number of ketones is 1. The number of nitrogens with one attached hydrogen (secondary N) is 1. The monoisotopic (exact) mass is 257 g/mol. The lowest BCUT2D eigenvalue weighted by molar-refractivity contribution is -0.122. The second-order valence-corrected chi connectivity index (χ2v) is 11.0. The highest BCUT2D eigenvalue weighted by atomic mass is 28.4. The topological polar surface area (TPSA) is 55.4 Å². The van der Waals surface area contributed by atoms with Crippen LogP contribution in [0.1, 0.15) is 34.1 Å². The molecule has 4 nitrogen and oxygen atoms in total. The molecule has 5 heteroatoms. The Balaban J connectivity index is 2.70. The van der Waals surface area contributed by atoms with Crippen LogP contribution in [0, 0.1) is 0 Å². The summed E-state index contributed by atoms with van der Waals surface area (Å²) in [6, 6.07) is -0.461. The Kier molecular flexibility index (Phi) is 3.83. The Labute approximate surface area is 104 Å². The summed E-state index contributed by atoms with van der Waals surface area (Å²) in [6.45, 7) is 12.6. The molecule has 1 rings (SSSR count). The molecule has 2 atom stereocenters. The summed E-state index contributed by atoms with van der Waals surface area (Å²) in [7, 11) is -1.89. The standard InChI is InChI=1S/C12H23NO3Si/c1-8(11-9(14)7-10(15)13-11)16-17(5,6)12(2,3)4/h8,11H,7H2,1-6H3,(H,13,15)/t8-,11+/m1/s1. The Morgan fingerprint density at radius 2 is 1.88 bits per heavy atom. The van der Waals surface area contributed by atoms with Crippen LogP contribution < -0.4 is 5.32 Å². The molecular formula is C12H23NO3Si. The predicted octanol–water partition coefficient (Wildman–Crippen LogP) is 1.85. The molecule has 1 saturated heterocycles. The van der Waals surface area contributed by atoms with E-state index in [0.29, 0.717) is 0 Å². The molecule has 1 heterocycles. The molecule has 98 valence electrons. The fourth-order valence-electron chi connectivity index (χ4n) is 1.66. The molecule has 0 unspecified atom stereocenters.